The summed E-state index contributed by atoms with van der Waals surface area (Å²) in [5.41, 5.74) is 4.02. The van der Waals surface area contributed by atoms with E-state index in [2.05, 4.69) is 10.3 Å². The van der Waals surface area contributed by atoms with E-state index in [1.807, 2.05) is 36.9 Å². The Labute approximate surface area is 139 Å². The Bertz CT molecular complexity index is 782. The van der Waals surface area contributed by atoms with Crippen LogP contribution in [0.1, 0.15) is 39.0 Å². The number of aromatic nitrogens is 1. The summed E-state index contributed by atoms with van der Waals surface area (Å²) >= 11 is 1.45. The van der Waals surface area contributed by atoms with Gasteiger partial charge in [-0.15, -0.1) is 0 Å². The number of fused-ring (bicyclic) bond motifs is 1. The van der Waals surface area contributed by atoms with Crippen molar-refractivity contribution in [1.29, 1.82) is 0 Å². The predicted molar refractivity (Wildman–Crippen MR) is 90.8 cm³/mol. The van der Waals surface area contributed by atoms with Gasteiger partial charge >= 0.3 is 0 Å². The van der Waals surface area contributed by atoms with Gasteiger partial charge in [0.1, 0.15) is 0 Å². The number of nitrogens with zero attached hydrogens (tertiary/aromatic N) is 2. The minimum absolute atomic E-state index is 0.0493. The van der Waals surface area contributed by atoms with Gasteiger partial charge in [-0.2, -0.15) is 0 Å². The number of carbonyl (C=O) groups excluding carboxylic acids is 2. The minimum Gasteiger partial charge on any atom is -0.333 e. The van der Waals surface area contributed by atoms with Crippen molar-refractivity contribution in [2.24, 2.45) is 0 Å². The second kappa shape index (κ2) is 6.12. The molecule has 120 valence electrons. The second-order valence-electron chi connectivity index (χ2n) is 5.85. The Morgan fingerprint density at radius 1 is 1.26 bits per heavy atom. The monoisotopic (exact) mass is 329 g/mol. The van der Waals surface area contributed by atoms with Crippen molar-refractivity contribution in [3.05, 3.63) is 45.5 Å². The summed E-state index contributed by atoms with van der Waals surface area (Å²) in [6.45, 7) is 6.73. The third-order valence-electron chi connectivity index (χ3n) is 4.06. The maximum atomic E-state index is 12.7. The average Bonchev–Trinajstić information content (AvgIpc) is 2.89. The lowest BCUT2D eigenvalue weighted by atomic mass is 10.0. The Kier molecular flexibility index (Phi) is 4.17. The first kappa shape index (κ1) is 15.7. The van der Waals surface area contributed by atoms with Crippen molar-refractivity contribution in [2.45, 2.75) is 33.7 Å². The van der Waals surface area contributed by atoms with E-state index >= 15 is 0 Å². The molecule has 2 amide bonds. The topological polar surface area (TPSA) is 62.3 Å². The number of rotatable bonds is 2. The molecule has 0 saturated heterocycles. The number of hydrogen-bond donors (Lipinski definition) is 1. The van der Waals surface area contributed by atoms with Crippen molar-refractivity contribution in [3.8, 4) is 0 Å². The van der Waals surface area contributed by atoms with Crippen LogP contribution >= 0.6 is 11.3 Å². The number of anilines is 1. The van der Waals surface area contributed by atoms with Crippen LogP contribution in [0.3, 0.4) is 0 Å². The molecule has 1 aromatic carbocycles. The molecule has 3 rings (SSSR count). The zero-order valence-corrected chi connectivity index (χ0v) is 14.3. The first-order valence-corrected chi connectivity index (χ1v) is 8.38. The SMILES string of the molecule is CC(=O)Nc1nc2c(s1)CN(C(=O)c1ccc(C)c(C)c1)CC2. The fourth-order valence-electron chi connectivity index (χ4n) is 2.63. The smallest absolute Gasteiger partial charge is 0.254 e. The lowest BCUT2D eigenvalue weighted by Crippen LogP contribution is -2.35. The van der Waals surface area contributed by atoms with Gasteiger partial charge in [-0.05, 0) is 37.1 Å². The van der Waals surface area contributed by atoms with Gasteiger partial charge in [0.15, 0.2) is 5.13 Å². The van der Waals surface area contributed by atoms with Gasteiger partial charge in [-0.3, -0.25) is 9.59 Å². The van der Waals surface area contributed by atoms with Gasteiger partial charge in [0.05, 0.1) is 12.2 Å². The van der Waals surface area contributed by atoms with Crippen molar-refractivity contribution in [2.75, 3.05) is 11.9 Å². The van der Waals surface area contributed by atoms with Crippen LogP contribution in [-0.4, -0.2) is 28.2 Å². The molecule has 0 atom stereocenters. The maximum Gasteiger partial charge on any atom is 0.254 e. The Hall–Kier alpha value is -2.21. The van der Waals surface area contributed by atoms with Gasteiger partial charge in [0.25, 0.3) is 5.91 Å². The summed E-state index contributed by atoms with van der Waals surface area (Å²) in [5, 5.41) is 3.33. The van der Waals surface area contributed by atoms with E-state index in [0.717, 1.165) is 28.1 Å². The molecule has 23 heavy (non-hydrogen) atoms. The van der Waals surface area contributed by atoms with E-state index in [-0.39, 0.29) is 11.8 Å². The first-order chi connectivity index (χ1) is 10.9. The Morgan fingerprint density at radius 2 is 2.04 bits per heavy atom. The van der Waals surface area contributed by atoms with E-state index in [9.17, 15) is 9.59 Å². The molecule has 0 unspecified atom stereocenters. The lowest BCUT2D eigenvalue weighted by Gasteiger charge is -2.26. The van der Waals surface area contributed by atoms with E-state index in [0.29, 0.717) is 18.2 Å². The number of benzene rings is 1. The number of nitrogens with one attached hydrogen (secondary N) is 1. The number of amides is 2. The highest BCUT2D eigenvalue weighted by Crippen LogP contribution is 2.29. The van der Waals surface area contributed by atoms with Crippen LogP contribution in [0, 0.1) is 13.8 Å². The van der Waals surface area contributed by atoms with Crippen molar-refractivity contribution >= 4 is 28.3 Å². The summed E-state index contributed by atoms with van der Waals surface area (Å²) in [6, 6.07) is 5.82. The van der Waals surface area contributed by atoms with Crippen molar-refractivity contribution < 1.29 is 9.59 Å². The normalized spacial score (nSPS) is 13.6. The summed E-state index contributed by atoms with van der Waals surface area (Å²) in [7, 11) is 0. The second-order valence-corrected chi connectivity index (χ2v) is 6.93. The van der Waals surface area contributed by atoms with Crippen LogP contribution in [0.4, 0.5) is 5.13 Å². The predicted octanol–water partition coefficient (Wildman–Crippen LogP) is 2.92. The molecule has 0 spiro atoms. The van der Waals surface area contributed by atoms with Crippen LogP contribution in [0.2, 0.25) is 0 Å². The molecule has 1 aromatic heterocycles. The highest BCUT2D eigenvalue weighted by atomic mass is 32.1. The average molecular weight is 329 g/mol. The number of aryl methyl sites for hydroxylation is 2. The highest BCUT2D eigenvalue weighted by molar-refractivity contribution is 7.15. The fraction of sp³-hybridized carbons (Fsp3) is 0.353. The molecule has 1 aliphatic heterocycles. The van der Waals surface area contributed by atoms with Crippen molar-refractivity contribution in [3.63, 3.8) is 0 Å². The third-order valence-corrected chi connectivity index (χ3v) is 5.05. The largest absolute Gasteiger partial charge is 0.333 e. The molecule has 0 aliphatic carbocycles. The molecular formula is C17H19N3O2S. The van der Waals surface area contributed by atoms with E-state index in [1.54, 1.807) is 0 Å². The third kappa shape index (κ3) is 3.27. The number of thiazole rings is 1. The molecule has 0 saturated carbocycles. The first-order valence-electron chi connectivity index (χ1n) is 7.56. The summed E-state index contributed by atoms with van der Waals surface area (Å²) in [4.78, 5) is 31.2. The molecule has 0 bridgehead atoms. The molecular weight excluding hydrogens is 310 g/mol. The minimum atomic E-state index is -0.126. The van der Waals surface area contributed by atoms with Gasteiger partial charge in [0, 0.05) is 30.3 Å². The molecule has 2 heterocycles. The molecule has 6 heteroatoms. The Morgan fingerprint density at radius 3 is 2.74 bits per heavy atom. The van der Waals surface area contributed by atoms with Crippen molar-refractivity contribution in [1.82, 2.24) is 9.88 Å². The summed E-state index contributed by atoms with van der Waals surface area (Å²) < 4.78 is 0. The highest BCUT2D eigenvalue weighted by Gasteiger charge is 2.25. The zero-order valence-electron chi connectivity index (χ0n) is 13.5. The maximum absolute atomic E-state index is 12.7. The standard InChI is InChI=1S/C17H19N3O2S/c1-10-4-5-13(8-11(10)2)16(22)20-7-6-14-15(9-20)23-17(19-14)18-12(3)21/h4-5,8H,6-7,9H2,1-3H3,(H,18,19,21). The van der Waals surface area contributed by atoms with Crippen LogP contribution in [0.5, 0.6) is 0 Å². The quantitative estimate of drug-likeness (QED) is 0.921. The Balaban J connectivity index is 1.78. The summed E-state index contributed by atoms with van der Waals surface area (Å²) in [6.07, 6.45) is 0.724. The number of hydrogen-bond acceptors (Lipinski definition) is 4. The molecule has 5 nitrogen and oxygen atoms in total. The number of carbonyl (C=O) groups is 2. The zero-order chi connectivity index (χ0) is 16.6. The van der Waals surface area contributed by atoms with Crippen LogP contribution in [0.15, 0.2) is 18.2 Å². The summed E-state index contributed by atoms with van der Waals surface area (Å²) in [5.74, 6) is -0.0765. The van der Waals surface area contributed by atoms with Crippen LogP contribution in [0.25, 0.3) is 0 Å². The lowest BCUT2D eigenvalue weighted by molar-refractivity contribution is -0.114. The van der Waals surface area contributed by atoms with Gasteiger partial charge in [-0.25, -0.2) is 4.98 Å². The van der Waals surface area contributed by atoms with Gasteiger partial charge < -0.3 is 10.2 Å². The van der Waals surface area contributed by atoms with Gasteiger partial charge in [-0.1, -0.05) is 17.4 Å². The molecule has 0 radical (unpaired) electrons. The van der Waals surface area contributed by atoms with Crippen LogP contribution < -0.4 is 5.32 Å². The van der Waals surface area contributed by atoms with Crippen LogP contribution in [-0.2, 0) is 17.8 Å². The van der Waals surface area contributed by atoms with E-state index in [4.69, 9.17) is 0 Å². The molecule has 1 aliphatic rings. The van der Waals surface area contributed by atoms with E-state index < -0.39 is 0 Å². The van der Waals surface area contributed by atoms with Gasteiger partial charge in [0.2, 0.25) is 5.91 Å². The van der Waals surface area contributed by atoms with E-state index in [1.165, 1.54) is 23.8 Å². The fourth-order valence-corrected chi connectivity index (χ4v) is 3.70. The molecule has 2 aromatic rings. The molecule has 1 N–H and O–H groups in total. The molecule has 0 fully saturated rings.